The molecule has 0 spiro atoms. The van der Waals surface area contributed by atoms with Crippen molar-refractivity contribution < 1.29 is 8.83 Å². The average molecular weight is 795 g/mol. The van der Waals surface area contributed by atoms with Crippen molar-refractivity contribution in [1.29, 1.82) is 0 Å². The molecule has 12 aromatic rings. The van der Waals surface area contributed by atoms with Gasteiger partial charge in [-0.3, -0.25) is 0 Å². The van der Waals surface area contributed by atoms with Gasteiger partial charge < -0.3 is 8.83 Å². The second-order valence-corrected chi connectivity index (χ2v) is 15.3. The molecule has 0 amide bonds. The van der Waals surface area contributed by atoms with Gasteiger partial charge in [-0.1, -0.05) is 176 Å². The van der Waals surface area contributed by atoms with Crippen molar-refractivity contribution in [1.82, 2.24) is 19.9 Å². The topological polar surface area (TPSA) is 77.8 Å². The van der Waals surface area contributed by atoms with Gasteiger partial charge in [-0.2, -0.15) is 0 Å². The van der Waals surface area contributed by atoms with E-state index in [-0.39, 0.29) is 0 Å². The van der Waals surface area contributed by atoms with E-state index >= 15 is 0 Å². The zero-order chi connectivity index (χ0) is 41.0. The van der Waals surface area contributed by atoms with Gasteiger partial charge in [0, 0.05) is 54.9 Å². The van der Waals surface area contributed by atoms with E-state index in [1.54, 1.807) is 0 Å². The lowest BCUT2D eigenvalue weighted by Gasteiger charge is -2.09. The third kappa shape index (κ3) is 6.04. The van der Waals surface area contributed by atoms with Crippen LogP contribution in [0, 0.1) is 0 Å². The highest BCUT2D eigenvalue weighted by atomic mass is 16.3. The molecule has 6 nitrogen and oxygen atoms in total. The summed E-state index contributed by atoms with van der Waals surface area (Å²) in [5, 5.41) is 3.95. The van der Waals surface area contributed by atoms with Crippen LogP contribution >= 0.6 is 0 Å². The molecule has 0 atom stereocenters. The Labute approximate surface area is 356 Å². The standard InChI is InChI=1S/C56H34N4O2/c1-6-18-35(19-7-1)46-33-48(59-55(57-46)38-24-12-4-13-25-38)42-30-16-28-40-44-32-45-41-29-17-31-43(52(41)62-54(45)50(53(44)61-51(40)42)37-22-10-3-11-23-37)49-34-47(36-20-8-2-9-21-36)58-56(60-49)39-26-14-5-15-27-39/h1-34H. The Morgan fingerprint density at radius 2 is 0.613 bits per heavy atom. The maximum Gasteiger partial charge on any atom is 0.160 e. The summed E-state index contributed by atoms with van der Waals surface area (Å²) >= 11 is 0. The summed E-state index contributed by atoms with van der Waals surface area (Å²) in [5.74, 6) is 1.30. The quantitative estimate of drug-likeness (QED) is 0.160. The van der Waals surface area contributed by atoms with E-state index in [9.17, 15) is 0 Å². The number of hydrogen-bond acceptors (Lipinski definition) is 6. The molecular formula is C56H34N4O2. The Morgan fingerprint density at radius 1 is 0.258 bits per heavy atom. The van der Waals surface area contributed by atoms with Gasteiger partial charge in [0.05, 0.1) is 28.3 Å². The van der Waals surface area contributed by atoms with Crippen molar-refractivity contribution in [2.75, 3.05) is 0 Å². The lowest BCUT2D eigenvalue weighted by atomic mass is 9.97. The molecular weight excluding hydrogens is 761 g/mol. The first kappa shape index (κ1) is 35.5. The van der Waals surface area contributed by atoms with Crippen LogP contribution in [0.2, 0.25) is 0 Å². The summed E-state index contributed by atoms with van der Waals surface area (Å²) in [6.45, 7) is 0. The van der Waals surface area contributed by atoms with Gasteiger partial charge in [0.25, 0.3) is 0 Å². The van der Waals surface area contributed by atoms with Crippen molar-refractivity contribution in [3.63, 3.8) is 0 Å². The number of furan rings is 2. The van der Waals surface area contributed by atoms with E-state index in [1.807, 2.05) is 103 Å². The highest BCUT2D eigenvalue weighted by molar-refractivity contribution is 6.24. The molecule has 0 N–H and O–H groups in total. The van der Waals surface area contributed by atoms with Gasteiger partial charge in [-0.05, 0) is 35.9 Å². The number of aromatic nitrogens is 4. The van der Waals surface area contributed by atoms with Crippen molar-refractivity contribution in [3.05, 3.63) is 206 Å². The molecule has 0 bridgehead atoms. The number of fused-ring (bicyclic) bond motifs is 6. The molecule has 62 heavy (non-hydrogen) atoms. The maximum atomic E-state index is 7.12. The first-order valence-electron chi connectivity index (χ1n) is 20.6. The van der Waals surface area contributed by atoms with Gasteiger partial charge in [0.1, 0.15) is 22.3 Å². The van der Waals surface area contributed by atoms with Crippen LogP contribution in [0.3, 0.4) is 0 Å². The third-order valence-corrected chi connectivity index (χ3v) is 11.5. The van der Waals surface area contributed by atoms with Crippen LogP contribution in [0.1, 0.15) is 0 Å². The minimum absolute atomic E-state index is 0.648. The number of nitrogens with zero attached hydrogens (tertiary/aromatic N) is 4. The molecule has 0 radical (unpaired) electrons. The summed E-state index contributed by atoms with van der Waals surface area (Å²) in [6, 6.07) is 70.0. The predicted octanol–water partition coefficient (Wildman–Crippen LogP) is 14.7. The van der Waals surface area contributed by atoms with E-state index in [0.29, 0.717) is 11.6 Å². The lowest BCUT2D eigenvalue weighted by Crippen LogP contribution is -1.96. The fourth-order valence-corrected chi connectivity index (χ4v) is 8.57. The van der Waals surface area contributed by atoms with Crippen molar-refractivity contribution in [3.8, 4) is 78.9 Å². The van der Waals surface area contributed by atoms with E-state index in [4.69, 9.17) is 28.8 Å². The summed E-state index contributed by atoms with van der Waals surface area (Å²) < 4.78 is 14.2. The van der Waals surface area contributed by atoms with Crippen molar-refractivity contribution in [2.24, 2.45) is 0 Å². The van der Waals surface area contributed by atoms with Crippen LogP contribution in [0.15, 0.2) is 215 Å². The maximum absolute atomic E-state index is 7.12. The summed E-state index contributed by atoms with van der Waals surface area (Å²) in [5.41, 5.74) is 13.7. The molecule has 4 heterocycles. The Hall–Kier alpha value is -8.48. The SMILES string of the molecule is c1ccc(-c2cc(-c3cccc4c3oc3c(-c5ccccc5)c5oc6c(-c7cc(-c8ccccc8)nc(-c8ccccc8)n7)cccc6c5cc34)nc(-c3ccccc3)n2)cc1. The number of hydrogen-bond donors (Lipinski definition) is 0. The second kappa shape index (κ2) is 14.7. The molecule has 0 aliphatic carbocycles. The van der Waals surface area contributed by atoms with E-state index in [0.717, 1.165) is 111 Å². The fourth-order valence-electron chi connectivity index (χ4n) is 8.57. The van der Waals surface area contributed by atoms with Gasteiger partial charge in [0.2, 0.25) is 0 Å². The molecule has 8 aromatic carbocycles. The lowest BCUT2D eigenvalue weighted by molar-refractivity contribution is 0.659. The molecule has 6 heteroatoms. The first-order chi connectivity index (χ1) is 30.7. The Morgan fingerprint density at radius 3 is 1.02 bits per heavy atom. The van der Waals surface area contributed by atoms with Gasteiger partial charge in [-0.15, -0.1) is 0 Å². The number of rotatable bonds is 7. The van der Waals surface area contributed by atoms with Crippen LogP contribution in [0.4, 0.5) is 0 Å². The van der Waals surface area contributed by atoms with Crippen molar-refractivity contribution in [2.45, 2.75) is 0 Å². The van der Waals surface area contributed by atoms with Crippen LogP contribution in [-0.4, -0.2) is 19.9 Å². The van der Waals surface area contributed by atoms with Crippen LogP contribution < -0.4 is 0 Å². The number of para-hydroxylation sites is 2. The number of benzene rings is 8. The normalized spacial score (nSPS) is 11.5. The highest BCUT2D eigenvalue weighted by Crippen LogP contribution is 2.47. The minimum Gasteiger partial charge on any atom is -0.455 e. The largest absolute Gasteiger partial charge is 0.455 e. The monoisotopic (exact) mass is 794 g/mol. The van der Waals surface area contributed by atoms with E-state index in [2.05, 4.69) is 103 Å². The zero-order valence-electron chi connectivity index (χ0n) is 33.2. The van der Waals surface area contributed by atoms with E-state index in [1.165, 1.54) is 0 Å². The third-order valence-electron chi connectivity index (χ3n) is 11.5. The molecule has 0 aliphatic rings. The smallest absolute Gasteiger partial charge is 0.160 e. The second-order valence-electron chi connectivity index (χ2n) is 15.3. The molecule has 0 saturated carbocycles. The minimum atomic E-state index is 0.648. The van der Waals surface area contributed by atoms with E-state index < -0.39 is 0 Å². The van der Waals surface area contributed by atoms with Gasteiger partial charge in [-0.25, -0.2) is 19.9 Å². The molecule has 0 fully saturated rings. The average Bonchev–Trinajstić information content (AvgIpc) is 3.92. The molecule has 0 unspecified atom stereocenters. The summed E-state index contributed by atoms with van der Waals surface area (Å²) in [7, 11) is 0. The van der Waals surface area contributed by atoms with Gasteiger partial charge >= 0.3 is 0 Å². The Kier molecular flexibility index (Phi) is 8.38. The van der Waals surface area contributed by atoms with Gasteiger partial charge in [0.15, 0.2) is 11.6 Å². The molecule has 4 aromatic heterocycles. The first-order valence-corrected chi connectivity index (χ1v) is 20.6. The van der Waals surface area contributed by atoms with Crippen LogP contribution in [0.25, 0.3) is 123 Å². The van der Waals surface area contributed by atoms with Crippen LogP contribution in [-0.2, 0) is 0 Å². The molecule has 12 rings (SSSR count). The van der Waals surface area contributed by atoms with Crippen LogP contribution in [0.5, 0.6) is 0 Å². The molecule has 290 valence electrons. The Balaban J connectivity index is 1.10. The zero-order valence-corrected chi connectivity index (χ0v) is 33.2. The summed E-state index contributed by atoms with van der Waals surface area (Å²) in [4.78, 5) is 20.4. The summed E-state index contributed by atoms with van der Waals surface area (Å²) in [6.07, 6.45) is 0. The fraction of sp³-hybridized carbons (Fsp3) is 0. The predicted molar refractivity (Wildman–Crippen MR) is 250 cm³/mol. The molecule has 0 saturated heterocycles. The Bertz CT molecular complexity index is 3270. The molecule has 0 aliphatic heterocycles. The van der Waals surface area contributed by atoms with Crippen molar-refractivity contribution >= 4 is 43.9 Å². The highest BCUT2D eigenvalue weighted by Gasteiger charge is 2.25.